The van der Waals surface area contributed by atoms with Crippen LogP contribution in [-0.2, 0) is 7.05 Å². The molecule has 0 spiro atoms. The number of halogens is 1. The molecule has 39 heavy (non-hydrogen) atoms. The van der Waals surface area contributed by atoms with Crippen LogP contribution < -0.4 is 48.6 Å². The zero-order valence-corrected chi connectivity index (χ0v) is 23.9. The van der Waals surface area contributed by atoms with Gasteiger partial charge < -0.3 is 33.5 Å². The number of ether oxygens (including phenoxy) is 2. The summed E-state index contributed by atoms with van der Waals surface area (Å²) in [5.41, 5.74) is 3.21. The monoisotopic (exact) mass is 630 g/mol. The minimum Gasteiger partial charge on any atom is -1.00 e. The van der Waals surface area contributed by atoms with Crippen molar-refractivity contribution in [2.45, 2.75) is 0 Å². The van der Waals surface area contributed by atoms with Crippen LogP contribution in [0.5, 0.6) is 11.6 Å². The Hall–Kier alpha value is -4.31. The predicted octanol–water partition coefficient (Wildman–Crippen LogP) is 2.20. The number of fused-ring (bicyclic) bond motifs is 3. The first-order valence-corrected chi connectivity index (χ1v) is 12.3. The van der Waals surface area contributed by atoms with Crippen LogP contribution in [0.2, 0.25) is 0 Å². The second-order valence-corrected chi connectivity index (χ2v) is 9.09. The molecule has 5 aromatic rings. The van der Waals surface area contributed by atoms with Crippen LogP contribution >= 0.6 is 0 Å². The topological polar surface area (TPSA) is 50.8 Å². The van der Waals surface area contributed by atoms with E-state index in [-0.39, 0.29) is 29.5 Å². The number of anilines is 2. The van der Waals surface area contributed by atoms with E-state index in [2.05, 4.69) is 5.01 Å². The van der Waals surface area contributed by atoms with E-state index in [0.29, 0.717) is 28.6 Å². The summed E-state index contributed by atoms with van der Waals surface area (Å²) < 4.78 is 15.6. The molecular formula is C31H27IN4O3. The number of benzene rings is 3. The Morgan fingerprint density at radius 2 is 1.46 bits per heavy atom. The fourth-order valence-corrected chi connectivity index (χ4v) is 4.73. The second-order valence-electron chi connectivity index (χ2n) is 9.09. The fraction of sp³-hybridized carbons (Fsp3) is 0.0968. The van der Waals surface area contributed by atoms with Crippen molar-refractivity contribution in [2.24, 2.45) is 7.05 Å². The van der Waals surface area contributed by atoms with E-state index in [9.17, 15) is 4.79 Å². The number of hydrogen-bond donors (Lipinski definition) is 0. The second kappa shape index (κ2) is 10.8. The van der Waals surface area contributed by atoms with E-state index < -0.39 is 0 Å². The maximum absolute atomic E-state index is 14.0. The van der Waals surface area contributed by atoms with Gasteiger partial charge in [-0.05, 0) is 48.0 Å². The van der Waals surface area contributed by atoms with Crippen LogP contribution in [0.25, 0.3) is 22.5 Å². The smallest absolute Gasteiger partial charge is 0.265 e. The number of aromatic nitrogens is 2. The van der Waals surface area contributed by atoms with Crippen molar-refractivity contribution >= 4 is 28.2 Å². The van der Waals surface area contributed by atoms with E-state index in [4.69, 9.17) is 9.47 Å². The number of nitrogens with zero attached hydrogens (tertiary/aromatic N) is 4. The molecule has 196 valence electrons. The summed E-state index contributed by atoms with van der Waals surface area (Å²) in [5, 5.41) is 5.47. The van der Waals surface area contributed by atoms with Crippen molar-refractivity contribution in [3.05, 3.63) is 125 Å². The van der Waals surface area contributed by atoms with Gasteiger partial charge in [0.05, 0.1) is 18.5 Å². The molecule has 0 bridgehead atoms. The predicted molar refractivity (Wildman–Crippen MR) is 149 cm³/mol. The highest BCUT2D eigenvalue weighted by molar-refractivity contribution is 5.99. The Bertz CT molecular complexity index is 1720. The SMILES string of the molecule is COc1ccc(-n2c3c(c4ccccc4c2=O)N(c2ccccc2)N(C)/C(=C\c2cc[n+](C)cc2)O3)cc1.[I-]. The van der Waals surface area contributed by atoms with E-state index >= 15 is 0 Å². The van der Waals surface area contributed by atoms with Crippen molar-refractivity contribution in [3.63, 3.8) is 0 Å². The van der Waals surface area contributed by atoms with Gasteiger partial charge in [0.2, 0.25) is 11.8 Å². The molecule has 6 rings (SSSR count). The molecule has 1 aliphatic rings. The third-order valence-electron chi connectivity index (χ3n) is 6.68. The number of para-hydroxylation sites is 1. The van der Waals surface area contributed by atoms with Gasteiger partial charge in [-0.3, -0.25) is 9.80 Å². The summed E-state index contributed by atoms with van der Waals surface area (Å²) in [6, 6.07) is 29.2. The molecule has 8 heteroatoms. The van der Waals surface area contributed by atoms with Crippen LogP contribution in [0.15, 0.2) is 114 Å². The molecule has 0 unspecified atom stereocenters. The summed E-state index contributed by atoms with van der Waals surface area (Å²) in [7, 11) is 5.56. The highest BCUT2D eigenvalue weighted by Crippen LogP contribution is 2.45. The largest absolute Gasteiger partial charge is 1.00 e. The lowest BCUT2D eigenvalue weighted by Crippen LogP contribution is -3.00. The number of methoxy groups -OCH3 is 1. The van der Waals surface area contributed by atoms with Crippen molar-refractivity contribution in [1.29, 1.82) is 0 Å². The van der Waals surface area contributed by atoms with Crippen molar-refractivity contribution in [3.8, 4) is 17.3 Å². The summed E-state index contributed by atoms with van der Waals surface area (Å²) >= 11 is 0. The van der Waals surface area contributed by atoms with Gasteiger partial charge in [-0.25, -0.2) is 14.1 Å². The molecule has 1 aliphatic heterocycles. The number of aryl methyl sites for hydroxylation is 1. The fourth-order valence-electron chi connectivity index (χ4n) is 4.73. The summed E-state index contributed by atoms with van der Waals surface area (Å²) in [6.45, 7) is 0. The molecule has 0 aliphatic carbocycles. The lowest BCUT2D eigenvalue weighted by Gasteiger charge is -2.42. The maximum atomic E-state index is 14.0. The molecule has 2 aromatic heterocycles. The third-order valence-corrected chi connectivity index (χ3v) is 6.68. The first-order valence-electron chi connectivity index (χ1n) is 12.3. The minimum absolute atomic E-state index is 0. The minimum atomic E-state index is -0.159. The Labute approximate surface area is 243 Å². The molecule has 0 N–H and O–H groups in total. The van der Waals surface area contributed by atoms with E-state index in [0.717, 1.165) is 22.3 Å². The standard InChI is InChI=1S/C31H27N4O3.HI/c1-32-19-17-22(18-20-32)21-28-33(2)35(24-9-5-4-6-10-24)29-26-11-7-8-12-27(26)30(36)34(31(29)38-28)23-13-15-25(37-3)16-14-23;/h4-21H,1-3H3;1H/q+1;/p-1. The van der Waals surface area contributed by atoms with Crippen LogP contribution in [0.1, 0.15) is 5.56 Å². The first-order chi connectivity index (χ1) is 18.5. The Balaban J connectivity index is 0.00000308. The molecule has 3 heterocycles. The molecule has 0 atom stereocenters. The summed E-state index contributed by atoms with van der Waals surface area (Å²) in [5.74, 6) is 1.72. The van der Waals surface area contributed by atoms with Gasteiger partial charge in [-0.2, -0.15) is 0 Å². The van der Waals surface area contributed by atoms with Gasteiger partial charge in [0.1, 0.15) is 18.5 Å². The van der Waals surface area contributed by atoms with Crippen molar-refractivity contribution in [1.82, 2.24) is 9.58 Å². The molecule has 0 fully saturated rings. The van der Waals surface area contributed by atoms with Gasteiger partial charge >= 0.3 is 0 Å². The van der Waals surface area contributed by atoms with E-state index in [1.807, 2.05) is 133 Å². The zero-order valence-electron chi connectivity index (χ0n) is 21.8. The third kappa shape index (κ3) is 4.72. The molecular weight excluding hydrogens is 603 g/mol. The zero-order chi connectivity index (χ0) is 26.2. The first kappa shape index (κ1) is 26.3. The number of rotatable bonds is 4. The normalized spacial score (nSPS) is 13.6. The number of pyridine rings is 2. The molecule has 0 amide bonds. The number of hydrogen-bond acceptors (Lipinski definition) is 5. The summed E-state index contributed by atoms with van der Waals surface area (Å²) in [6.07, 6.45) is 5.94. The Kier molecular flexibility index (Phi) is 7.30. The molecule has 0 saturated carbocycles. The lowest BCUT2D eigenvalue weighted by atomic mass is 10.1. The average molecular weight is 630 g/mol. The van der Waals surface area contributed by atoms with Crippen LogP contribution in [0.3, 0.4) is 0 Å². The van der Waals surface area contributed by atoms with Crippen LogP contribution in [0.4, 0.5) is 11.4 Å². The Morgan fingerprint density at radius 3 is 2.13 bits per heavy atom. The van der Waals surface area contributed by atoms with Gasteiger partial charge in [-0.1, -0.05) is 36.4 Å². The van der Waals surface area contributed by atoms with Crippen molar-refractivity contribution < 1.29 is 38.0 Å². The summed E-state index contributed by atoms with van der Waals surface area (Å²) in [4.78, 5) is 14.0. The van der Waals surface area contributed by atoms with Gasteiger partial charge in [0, 0.05) is 36.0 Å². The molecule has 0 saturated heterocycles. The van der Waals surface area contributed by atoms with Gasteiger partial charge in [0.25, 0.3) is 5.56 Å². The quantitative estimate of drug-likeness (QED) is 0.225. The highest BCUT2D eigenvalue weighted by Gasteiger charge is 2.34. The lowest BCUT2D eigenvalue weighted by molar-refractivity contribution is -0.671. The van der Waals surface area contributed by atoms with Gasteiger partial charge in [-0.15, -0.1) is 0 Å². The average Bonchev–Trinajstić information content (AvgIpc) is 2.96. The maximum Gasteiger partial charge on any atom is 0.265 e. The van der Waals surface area contributed by atoms with Crippen LogP contribution in [0, 0.1) is 0 Å². The molecule has 3 aromatic carbocycles. The van der Waals surface area contributed by atoms with Gasteiger partial charge in [0.15, 0.2) is 12.4 Å². The highest BCUT2D eigenvalue weighted by atomic mass is 127. The molecule has 7 nitrogen and oxygen atoms in total. The van der Waals surface area contributed by atoms with E-state index in [1.54, 1.807) is 11.7 Å². The van der Waals surface area contributed by atoms with Crippen LogP contribution in [-0.4, -0.2) is 23.7 Å². The molecule has 0 radical (unpaired) electrons. The Morgan fingerprint density at radius 1 is 0.821 bits per heavy atom. The number of hydrazine groups is 1. The van der Waals surface area contributed by atoms with E-state index in [1.165, 1.54) is 0 Å². The van der Waals surface area contributed by atoms with Crippen molar-refractivity contribution in [2.75, 3.05) is 19.2 Å².